The summed E-state index contributed by atoms with van der Waals surface area (Å²) in [5, 5.41) is 17.9. The molecule has 1 N–H and O–H groups in total. The Balaban J connectivity index is 1.44. The van der Waals surface area contributed by atoms with E-state index in [0.29, 0.717) is 22.2 Å². The third-order valence-corrected chi connectivity index (χ3v) is 5.12. The van der Waals surface area contributed by atoms with Gasteiger partial charge < -0.3 is 0 Å². The van der Waals surface area contributed by atoms with Crippen LogP contribution < -0.4 is 0 Å². The highest BCUT2D eigenvalue weighted by molar-refractivity contribution is 6.30. The van der Waals surface area contributed by atoms with E-state index >= 15 is 0 Å². The first kappa shape index (κ1) is 16.9. The van der Waals surface area contributed by atoms with Crippen LogP contribution in [0.4, 0.5) is 0 Å². The maximum atomic E-state index is 5.97. The van der Waals surface area contributed by atoms with E-state index in [4.69, 9.17) is 16.6 Å². The molecule has 0 bridgehead atoms. The van der Waals surface area contributed by atoms with Crippen molar-refractivity contribution in [1.29, 1.82) is 0 Å². The molecule has 0 aliphatic heterocycles. The summed E-state index contributed by atoms with van der Waals surface area (Å²) >= 11 is 5.97. The lowest BCUT2D eigenvalue weighted by Gasteiger charge is -2.01. The van der Waals surface area contributed by atoms with E-state index in [2.05, 4.69) is 25.4 Å². The van der Waals surface area contributed by atoms with Crippen molar-refractivity contribution >= 4 is 28.3 Å². The van der Waals surface area contributed by atoms with Crippen LogP contribution in [0.25, 0.3) is 45.1 Å². The number of benzene rings is 2. The zero-order valence-corrected chi connectivity index (χ0v) is 16.2. The van der Waals surface area contributed by atoms with Gasteiger partial charge in [0.2, 0.25) is 0 Å². The fourth-order valence-corrected chi connectivity index (χ4v) is 3.52. The van der Waals surface area contributed by atoms with Crippen LogP contribution in [0.1, 0.15) is 0 Å². The Kier molecular flexibility index (Phi) is 3.65. The number of rotatable bonds is 3. The number of hydrogen-bond donors (Lipinski definition) is 1. The van der Waals surface area contributed by atoms with Gasteiger partial charge in [-0.1, -0.05) is 41.9 Å². The fourth-order valence-electron chi connectivity index (χ4n) is 3.40. The van der Waals surface area contributed by atoms with Gasteiger partial charge in [-0.2, -0.15) is 10.2 Å². The Morgan fingerprint density at radius 1 is 0.933 bits per heavy atom. The van der Waals surface area contributed by atoms with Crippen LogP contribution >= 0.6 is 11.6 Å². The van der Waals surface area contributed by atoms with Crippen molar-refractivity contribution < 1.29 is 0 Å². The molecule has 0 aliphatic carbocycles. The molecule has 0 fully saturated rings. The zero-order chi connectivity index (χ0) is 20.1. The molecular formula is C21H13ClN8. The Bertz CT molecular complexity index is 1500. The van der Waals surface area contributed by atoms with Crippen molar-refractivity contribution in [2.75, 3.05) is 0 Å². The molecular weight excluding hydrogens is 400 g/mol. The van der Waals surface area contributed by atoms with E-state index in [1.165, 1.54) is 0 Å². The summed E-state index contributed by atoms with van der Waals surface area (Å²) in [5.41, 5.74) is 4.80. The quantitative estimate of drug-likeness (QED) is 0.471. The second-order valence-corrected chi connectivity index (χ2v) is 7.19. The van der Waals surface area contributed by atoms with Crippen molar-refractivity contribution in [2.45, 2.75) is 0 Å². The summed E-state index contributed by atoms with van der Waals surface area (Å²) in [4.78, 5) is 9.24. The molecule has 6 rings (SSSR count). The monoisotopic (exact) mass is 412 g/mol. The lowest BCUT2D eigenvalue weighted by atomic mass is 10.1. The van der Waals surface area contributed by atoms with Crippen LogP contribution in [-0.2, 0) is 0 Å². The van der Waals surface area contributed by atoms with Crippen LogP contribution in [0, 0.1) is 0 Å². The van der Waals surface area contributed by atoms with Crippen LogP contribution in [0.5, 0.6) is 0 Å². The van der Waals surface area contributed by atoms with Crippen molar-refractivity contribution in [3.63, 3.8) is 0 Å². The first-order valence-electron chi connectivity index (χ1n) is 9.22. The predicted octanol–water partition coefficient (Wildman–Crippen LogP) is 4.17. The van der Waals surface area contributed by atoms with Gasteiger partial charge in [-0.05, 0) is 30.3 Å². The SMILES string of the molecule is Clc1ccc(-c2cc(-c3nc4c5cnn(-c6ccccc6)c5ncn4n3)[nH]n2)cc1. The third kappa shape index (κ3) is 2.66. The van der Waals surface area contributed by atoms with Crippen molar-refractivity contribution in [2.24, 2.45) is 0 Å². The average Bonchev–Trinajstić information content (AvgIpc) is 3.51. The molecule has 30 heavy (non-hydrogen) atoms. The molecule has 144 valence electrons. The molecule has 9 heteroatoms. The first-order chi connectivity index (χ1) is 14.8. The van der Waals surface area contributed by atoms with Gasteiger partial charge in [-0.3, -0.25) is 5.10 Å². The first-order valence-corrected chi connectivity index (χ1v) is 9.60. The van der Waals surface area contributed by atoms with Gasteiger partial charge in [0, 0.05) is 10.6 Å². The molecule has 8 nitrogen and oxygen atoms in total. The van der Waals surface area contributed by atoms with Gasteiger partial charge in [0.15, 0.2) is 17.1 Å². The maximum Gasteiger partial charge on any atom is 0.200 e. The van der Waals surface area contributed by atoms with Gasteiger partial charge in [0.1, 0.15) is 12.0 Å². The number of aromatic nitrogens is 8. The second kappa shape index (κ2) is 6.50. The van der Waals surface area contributed by atoms with E-state index in [1.807, 2.05) is 60.7 Å². The highest BCUT2D eigenvalue weighted by Gasteiger charge is 2.16. The predicted molar refractivity (Wildman–Crippen MR) is 113 cm³/mol. The molecule has 4 heterocycles. The molecule has 0 atom stereocenters. The van der Waals surface area contributed by atoms with Gasteiger partial charge in [-0.25, -0.2) is 19.2 Å². The summed E-state index contributed by atoms with van der Waals surface area (Å²) in [6.07, 6.45) is 3.40. The topological polar surface area (TPSA) is 89.6 Å². The van der Waals surface area contributed by atoms with Gasteiger partial charge in [0.05, 0.1) is 23.0 Å². The van der Waals surface area contributed by atoms with Gasteiger partial charge in [-0.15, -0.1) is 5.10 Å². The summed E-state index contributed by atoms with van der Waals surface area (Å²) in [7, 11) is 0. The molecule has 0 aliphatic rings. The Hall–Kier alpha value is -4.04. The minimum absolute atomic E-state index is 0.532. The Morgan fingerprint density at radius 2 is 1.77 bits per heavy atom. The van der Waals surface area contributed by atoms with E-state index in [-0.39, 0.29) is 0 Å². The fraction of sp³-hybridized carbons (Fsp3) is 0. The van der Waals surface area contributed by atoms with Crippen LogP contribution in [0.15, 0.2) is 73.2 Å². The summed E-state index contributed by atoms with van der Waals surface area (Å²) in [5.74, 6) is 0.532. The standard InChI is InChI=1S/C21H13ClN8/c22-14-8-6-13(7-9-14)17-10-18(27-26-17)19-25-21-16-11-24-30(15-4-2-1-3-5-15)20(16)23-12-29(21)28-19/h1-12H,(H,26,27). The number of nitrogens with zero attached hydrogens (tertiary/aromatic N) is 7. The number of para-hydroxylation sites is 1. The summed E-state index contributed by atoms with van der Waals surface area (Å²) < 4.78 is 3.44. The summed E-state index contributed by atoms with van der Waals surface area (Å²) in [6, 6.07) is 19.3. The van der Waals surface area contributed by atoms with Crippen LogP contribution in [-0.4, -0.2) is 39.6 Å². The molecule has 0 amide bonds. The van der Waals surface area contributed by atoms with E-state index in [0.717, 1.165) is 28.0 Å². The molecule has 0 radical (unpaired) electrons. The molecule has 4 aromatic heterocycles. The normalized spacial score (nSPS) is 11.5. The van der Waals surface area contributed by atoms with Crippen molar-refractivity contribution in [3.8, 4) is 28.5 Å². The highest BCUT2D eigenvalue weighted by atomic mass is 35.5. The number of halogens is 1. The molecule has 0 saturated carbocycles. The number of aromatic amines is 1. The maximum absolute atomic E-state index is 5.97. The highest BCUT2D eigenvalue weighted by Crippen LogP contribution is 2.25. The number of H-pyrrole nitrogens is 1. The van der Waals surface area contributed by atoms with Crippen molar-refractivity contribution in [1.82, 2.24) is 39.6 Å². The van der Waals surface area contributed by atoms with Crippen LogP contribution in [0.3, 0.4) is 0 Å². The lowest BCUT2D eigenvalue weighted by Crippen LogP contribution is -1.98. The smallest absolute Gasteiger partial charge is 0.200 e. The van der Waals surface area contributed by atoms with Gasteiger partial charge >= 0.3 is 0 Å². The minimum atomic E-state index is 0.532. The van der Waals surface area contributed by atoms with E-state index < -0.39 is 0 Å². The lowest BCUT2D eigenvalue weighted by molar-refractivity contribution is 0.882. The largest absolute Gasteiger partial charge is 0.274 e. The number of nitrogens with one attached hydrogen (secondary N) is 1. The van der Waals surface area contributed by atoms with Crippen LogP contribution in [0.2, 0.25) is 5.02 Å². The van der Waals surface area contributed by atoms with E-state index in [1.54, 1.807) is 21.7 Å². The molecule has 0 spiro atoms. The molecule has 0 unspecified atom stereocenters. The number of hydrogen-bond acceptors (Lipinski definition) is 5. The Morgan fingerprint density at radius 3 is 2.60 bits per heavy atom. The number of fused-ring (bicyclic) bond motifs is 3. The van der Waals surface area contributed by atoms with Gasteiger partial charge in [0.25, 0.3) is 0 Å². The molecule has 0 saturated heterocycles. The van der Waals surface area contributed by atoms with E-state index in [9.17, 15) is 0 Å². The minimum Gasteiger partial charge on any atom is -0.274 e. The molecule has 2 aromatic carbocycles. The average molecular weight is 413 g/mol. The molecule has 6 aromatic rings. The summed E-state index contributed by atoms with van der Waals surface area (Å²) in [6.45, 7) is 0. The zero-order valence-electron chi connectivity index (χ0n) is 15.4. The Labute approximate surface area is 174 Å². The third-order valence-electron chi connectivity index (χ3n) is 4.86. The van der Waals surface area contributed by atoms with Crippen molar-refractivity contribution in [3.05, 3.63) is 78.2 Å². The second-order valence-electron chi connectivity index (χ2n) is 6.75.